The summed E-state index contributed by atoms with van der Waals surface area (Å²) in [6.07, 6.45) is 3.76. The van der Waals surface area contributed by atoms with Gasteiger partial charge in [0.1, 0.15) is 0 Å². The number of hydrogen-bond donors (Lipinski definition) is 3. The minimum Gasteiger partial charge on any atom is -0.459 e. The second kappa shape index (κ2) is 13.2. The van der Waals surface area contributed by atoms with Gasteiger partial charge in [0.2, 0.25) is 0 Å². The van der Waals surface area contributed by atoms with Crippen molar-refractivity contribution in [1.82, 2.24) is 16.0 Å². The number of aliphatic imine (C=N–C) groups is 1. The van der Waals surface area contributed by atoms with E-state index in [0.29, 0.717) is 24.8 Å². The molecule has 0 aliphatic heterocycles. The molecule has 0 saturated heterocycles. The first-order valence-electron chi connectivity index (χ1n) is 8.05. The highest BCUT2D eigenvalue weighted by Gasteiger charge is 2.07. The number of guanidine groups is 1. The fourth-order valence-electron chi connectivity index (χ4n) is 1.96. The highest BCUT2D eigenvalue weighted by Crippen LogP contribution is 2.06. The van der Waals surface area contributed by atoms with Gasteiger partial charge in [-0.15, -0.1) is 24.0 Å². The number of furan rings is 1. The van der Waals surface area contributed by atoms with Gasteiger partial charge in [0.25, 0.3) is 5.91 Å². The van der Waals surface area contributed by atoms with Gasteiger partial charge in [-0.3, -0.25) is 9.79 Å². The van der Waals surface area contributed by atoms with Crippen LogP contribution in [0.3, 0.4) is 0 Å². The molecule has 0 spiro atoms. The quantitative estimate of drug-likeness (QED) is 0.241. The Balaban J connectivity index is 0.00000484. The molecule has 0 saturated carbocycles. The van der Waals surface area contributed by atoms with E-state index in [-0.39, 0.29) is 29.9 Å². The molecule has 6 nitrogen and oxygen atoms in total. The zero-order valence-corrected chi connectivity index (χ0v) is 16.6. The number of carbonyl (C=O) groups excluding carboxylic acids is 1. The molecule has 1 amide bonds. The highest BCUT2D eigenvalue weighted by atomic mass is 127. The van der Waals surface area contributed by atoms with Crippen molar-refractivity contribution < 1.29 is 9.21 Å². The van der Waals surface area contributed by atoms with Gasteiger partial charge in [-0.25, -0.2) is 0 Å². The predicted molar refractivity (Wildman–Crippen MR) is 105 cm³/mol. The Morgan fingerprint density at radius 3 is 2.43 bits per heavy atom. The van der Waals surface area contributed by atoms with E-state index in [1.165, 1.54) is 6.26 Å². The molecular weight excluding hydrogens is 407 g/mol. The van der Waals surface area contributed by atoms with Gasteiger partial charge < -0.3 is 20.4 Å². The fraction of sp³-hybridized carbons (Fsp3) is 0.625. The van der Waals surface area contributed by atoms with Crippen LogP contribution in [0.2, 0.25) is 0 Å². The van der Waals surface area contributed by atoms with Crippen LogP contribution in [0.4, 0.5) is 0 Å². The molecule has 1 aromatic heterocycles. The average Bonchev–Trinajstić information content (AvgIpc) is 3.06. The summed E-state index contributed by atoms with van der Waals surface area (Å²) < 4.78 is 5.03. The van der Waals surface area contributed by atoms with E-state index in [9.17, 15) is 4.79 Å². The maximum atomic E-state index is 11.7. The van der Waals surface area contributed by atoms with Gasteiger partial charge in [0.05, 0.1) is 6.26 Å². The molecule has 0 aliphatic rings. The molecule has 0 aromatic carbocycles. The van der Waals surface area contributed by atoms with Gasteiger partial charge in [0, 0.05) is 26.2 Å². The lowest BCUT2D eigenvalue weighted by Crippen LogP contribution is -2.41. The molecule has 1 aromatic rings. The molecule has 3 N–H and O–H groups in total. The van der Waals surface area contributed by atoms with Crippen LogP contribution in [0.25, 0.3) is 0 Å². The molecule has 0 unspecified atom stereocenters. The molecule has 0 radical (unpaired) electrons. The Labute approximate surface area is 155 Å². The van der Waals surface area contributed by atoms with Gasteiger partial charge in [-0.05, 0) is 25.0 Å². The van der Waals surface area contributed by atoms with E-state index in [4.69, 9.17) is 4.42 Å². The van der Waals surface area contributed by atoms with E-state index >= 15 is 0 Å². The first kappa shape index (κ1) is 21.8. The maximum Gasteiger partial charge on any atom is 0.287 e. The van der Waals surface area contributed by atoms with E-state index in [0.717, 1.165) is 31.9 Å². The van der Waals surface area contributed by atoms with Crippen LogP contribution in [0.15, 0.2) is 27.8 Å². The second-order valence-corrected chi connectivity index (χ2v) is 5.06. The van der Waals surface area contributed by atoms with Crippen molar-refractivity contribution in [3.63, 3.8) is 0 Å². The van der Waals surface area contributed by atoms with Crippen molar-refractivity contribution >= 4 is 35.8 Å². The van der Waals surface area contributed by atoms with Crippen molar-refractivity contribution in [2.24, 2.45) is 10.9 Å². The minimum atomic E-state index is -0.203. The SMILES string of the molecule is CCNC(=NCC(CC)CC)NCCNC(=O)c1ccco1.I. The molecule has 0 fully saturated rings. The topological polar surface area (TPSA) is 78.7 Å². The number of amides is 1. The fourth-order valence-corrected chi connectivity index (χ4v) is 1.96. The zero-order valence-electron chi connectivity index (χ0n) is 14.2. The lowest BCUT2D eigenvalue weighted by Gasteiger charge is -2.14. The average molecular weight is 436 g/mol. The number of hydrogen-bond acceptors (Lipinski definition) is 3. The largest absolute Gasteiger partial charge is 0.459 e. The number of halogens is 1. The van der Waals surface area contributed by atoms with Crippen LogP contribution in [-0.4, -0.2) is 38.0 Å². The van der Waals surface area contributed by atoms with Gasteiger partial charge in [-0.2, -0.15) is 0 Å². The number of carbonyl (C=O) groups is 1. The summed E-state index contributed by atoms with van der Waals surface area (Å²) in [5, 5.41) is 9.22. The number of nitrogens with zero attached hydrogens (tertiary/aromatic N) is 1. The van der Waals surface area contributed by atoms with Gasteiger partial charge in [-0.1, -0.05) is 26.7 Å². The summed E-state index contributed by atoms with van der Waals surface area (Å²) in [4.78, 5) is 16.3. The number of nitrogens with one attached hydrogen (secondary N) is 3. The van der Waals surface area contributed by atoms with Crippen molar-refractivity contribution in [1.29, 1.82) is 0 Å². The lowest BCUT2D eigenvalue weighted by molar-refractivity contribution is 0.0926. The molecule has 7 heteroatoms. The zero-order chi connectivity index (χ0) is 16.2. The molecule has 0 bridgehead atoms. The van der Waals surface area contributed by atoms with Crippen molar-refractivity contribution in [2.75, 3.05) is 26.2 Å². The Kier molecular flexibility index (Phi) is 12.5. The molecule has 0 aliphatic carbocycles. The van der Waals surface area contributed by atoms with E-state index in [2.05, 4.69) is 34.8 Å². The van der Waals surface area contributed by atoms with Crippen LogP contribution in [0.5, 0.6) is 0 Å². The summed E-state index contributed by atoms with van der Waals surface area (Å²) in [5.41, 5.74) is 0. The van der Waals surface area contributed by atoms with Crippen LogP contribution >= 0.6 is 24.0 Å². The Bertz CT molecular complexity index is 445. The van der Waals surface area contributed by atoms with Crippen molar-refractivity contribution in [2.45, 2.75) is 33.6 Å². The Morgan fingerprint density at radius 2 is 1.87 bits per heavy atom. The first-order chi connectivity index (χ1) is 10.7. The summed E-state index contributed by atoms with van der Waals surface area (Å²) in [6, 6.07) is 3.34. The van der Waals surface area contributed by atoms with Gasteiger partial charge in [0.15, 0.2) is 11.7 Å². The maximum absolute atomic E-state index is 11.7. The standard InChI is InChI=1S/C16H28N4O2.HI/c1-4-13(5-2)12-20-16(17-6-3)19-10-9-18-15(21)14-8-7-11-22-14;/h7-8,11,13H,4-6,9-10,12H2,1-3H3,(H,18,21)(H2,17,19,20);1H. The highest BCUT2D eigenvalue weighted by molar-refractivity contribution is 14.0. The monoisotopic (exact) mass is 436 g/mol. The first-order valence-corrected chi connectivity index (χ1v) is 8.05. The summed E-state index contributed by atoms with van der Waals surface area (Å²) >= 11 is 0. The summed E-state index contributed by atoms with van der Waals surface area (Å²) in [6.45, 7) is 9.17. The molecule has 1 rings (SSSR count). The molecule has 132 valence electrons. The van der Waals surface area contributed by atoms with Crippen molar-refractivity contribution in [3.8, 4) is 0 Å². The predicted octanol–water partition coefficient (Wildman–Crippen LogP) is 2.62. The molecular formula is C16H29IN4O2. The van der Waals surface area contributed by atoms with E-state index in [1.807, 2.05) is 6.92 Å². The molecule has 23 heavy (non-hydrogen) atoms. The van der Waals surface area contributed by atoms with E-state index in [1.54, 1.807) is 12.1 Å². The smallest absolute Gasteiger partial charge is 0.287 e. The minimum absolute atomic E-state index is 0. The van der Waals surface area contributed by atoms with Crippen molar-refractivity contribution in [3.05, 3.63) is 24.2 Å². The Morgan fingerprint density at radius 1 is 1.17 bits per heavy atom. The lowest BCUT2D eigenvalue weighted by atomic mass is 10.0. The van der Waals surface area contributed by atoms with Crippen LogP contribution in [0, 0.1) is 5.92 Å². The van der Waals surface area contributed by atoms with Crippen LogP contribution in [-0.2, 0) is 0 Å². The Hall–Kier alpha value is -1.25. The van der Waals surface area contributed by atoms with Crippen LogP contribution < -0.4 is 16.0 Å². The number of rotatable bonds is 9. The molecule has 0 atom stereocenters. The third kappa shape index (κ3) is 8.83. The van der Waals surface area contributed by atoms with E-state index < -0.39 is 0 Å². The third-order valence-electron chi connectivity index (χ3n) is 3.45. The molecule has 1 heterocycles. The summed E-state index contributed by atoms with van der Waals surface area (Å²) in [5.74, 6) is 1.54. The van der Waals surface area contributed by atoms with Crippen LogP contribution in [0.1, 0.15) is 44.2 Å². The normalized spacial score (nSPS) is 11.0. The second-order valence-electron chi connectivity index (χ2n) is 5.06. The summed E-state index contributed by atoms with van der Waals surface area (Å²) in [7, 11) is 0. The van der Waals surface area contributed by atoms with Gasteiger partial charge >= 0.3 is 0 Å². The third-order valence-corrected chi connectivity index (χ3v) is 3.45.